The Balaban J connectivity index is 2.44. The normalized spacial score (nSPS) is 12.5. The first-order valence-electron chi connectivity index (χ1n) is 5.45. The number of rotatable bonds is 2. The van der Waals surface area contributed by atoms with Crippen LogP contribution in [0.4, 0.5) is 8.78 Å². The predicted molar refractivity (Wildman–Crippen MR) is 71.3 cm³/mol. The van der Waals surface area contributed by atoms with Gasteiger partial charge in [0.25, 0.3) is 0 Å². The lowest BCUT2D eigenvalue weighted by Crippen LogP contribution is -2.13. The molecule has 0 fully saturated rings. The summed E-state index contributed by atoms with van der Waals surface area (Å²) >= 11 is 3.32. The second-order valence-corrected chi connectivity index (χ2v) is 5.01. The molecule has 0 aliphatic carbocycles. The largest absolute Gasteiger partial charge is 0.320 e. The average molecular weight is 312 g/mol. The molecule has 0 saturated carbocycles. The van der Waals surface area contributed by atoms with Crippen molar-refractivity contribution in [3.63, 3.8) is 0 Å². The smallest absolute Gasteiger partial charge is 0.126 e. The van der Waals surface area contributed by atoms with E-state index in [4.69, 9.17) is 5.73 Å². The van der Waals surface area contributed by atoms with Gasteiger partial charge >= 0.3 is 0 Å². The van der Waals surface area contributed by atoms with E-state index in [1.807, 2.05) is 0 Å². The zero-order valence-corrected chi connectivity index (χ0v) is 11.3. The van der Waals surface area contributed by atoms with Crippen molar-refractivity contribution in [2.45, 2.75) is 13.0 Å². The van der Waals surface area contributed by atoms with Crippen LogP contribution in [-0.2, 0) is 0 Å². The van der Waals surface area contributed by atoms with Crippen LogP contribution in [0.5, 0.6) is 0 Å². The molecule has 2 aromatic rings. The number of aryl methyl sites for hydroxylation is 1. The van der Waals surface area contributed by atoms with Crippen molar-refractivity contribution >= 4 is 15.9 Å². The molecule has 0 saturated heterocycles. The molecule has 1 unspecified atom stereocenters. The molecule has 0 radical (unpaired) electrons. The van der Waals surface area contributed by atoms with Crippen LogP contribution in [0.2, 0.25) is 0 Å². The van der Waals surface area contributed by atoms with Crippen molar-refractivity contribution in [2.24, 2.45) is 5.73 Å². The van der Waals surface area contributed by atoms with Gasteiger partial charge in [0.2, 0.25) is 0 Å². The molecule has 18 heavy (non-hydrogen) atoms. The summed E-state index contributed by atoms with van der Waals surface area (Å²) in [6.07, 6.45) is 0. The van der Waals surface area contributed by atoms with E-state index in [0.717, 1.165) is 0 Å². The third kappa shape index (κ3) is 2.60. The zero-order chi connectivity index (χ0) is 13.3. The van der Waals surface area contributed by atoms with Crippen molar-refractivity contribution < 1.29 is 8.78 Å². The fourth-order valence-electron chi connectivity index (χ4n) is 1.74. The number of hydrogen-bond donors (Lipinski definition) is 1. The maximum absolute atomic E-state index is 13.5. The molecule has 0 aromatic heterocycles. The van der Waals surface area contributed by atoms with E-state index < -0.39 is 6.04 Å². The second-order valence-electron chi connectivity index (χ2n) is 4.15. The van der Waals surface area contributed by atoms with Crippen molar-refractivity contribution in [2.75, 3.05) is 0 Å². The molecule has 1 atom stereocenters. The summed E-state index contributed by atoms with van der Waals surface area (Å²) in [7, 11) is 0. The van der Waals surface area contributed by atoms with Gasteiger partial charge in [0.15, 0.2) is 0 Å². The van der Waals surface area contributed by atoms with Gasteiger partial charge in [0.05, 0.1) is 6.04 Å². The fourth-order valence-corrected chi connectivity index (χ4v) is 2.23. The summed E-state index contributed by atoms with van der Waals surface area (Å²) in [6.45, 7) is 1.68. The lowest BCUT2D eigenvalue weighted by Gasteiger charge is -2.15. The summed E-state index contributed by atoms with van der Waals surface area (Å²) in [5, 5.41) is 0. The third-order valence-electron chi connectivity index (χ3n) is 2.85. The van der Waals surface area contributed by atoms with Gasteiger partial charge in [0.1, 0.15) is 11.6 Å². The number of benzene rings is 2. The molecule has 2 rings (SSSR count). The van der Waals surface area contributed by atoms with Crippen molar-refractivity contribution in [3.8, 4) is 0 Å². The Hall–Kier alpha value is -1.26. The monoisotopic (exact) mass is 311 g/mol. The van der Waals surface area contributed by atoms with E-state index in [-0.39, 0.29) is 11.6 Å². The molecule has 94 valence electrons. The van der Waals surface area contributed by atoms with Gasteiger partial charge in [-0.2, -0.15) is 0 Å². The van der Waals surface area contributed by atoms with Crippen LogP contribution in [0, 0.1) is 18.6 Å². The van der Waals surface area contributed by atoms with Crippen LogP contribution in [0.1, 0.15) is 22.7 Å². The Morgan fingerprint density at radius 2 is 1.83 bits per heavy atom. The highest BCUT2D eigenvalue weighted by atomic mass is 79.9. The summed E-state index contributed by atoms with van der Waals surface area (Å²) in [5.74, 6) is -0.674. The van der Waals surface area contributed by atoms with E-state index >= 15 is 0 Å². The first-order valence-corrected chi connectivity index (χ1v) is 6.25. The van der Waals surface area contributed by atoms with Crippen LogP contribution < -0.4 is 5.73 Å². The Morgan fingerprint density at radius 3 is 2.50 bits per heavy atom. The lowest BCUT2D eigenvalue weighted by atomic mass is 9.98. The third-order valence-corrected chi connectivity index (χ3v) is 3.57. The number of hydrogen-bond acceptors (Lipinski definition) is 1. The minimum Gasteiger partial charge on any atom is -0.320 e. The van der Waals surface area contributed by atoms with Crippen molar-refractivity contribution in [1.82, 2.24) is 0 Å². The molecule has 4 heteroatoms. The average Bonchev–Trinajstić information content (AvgIpc) is 2.35. The van der Waals surface area contributed by atoms with Gasteiger partial charge in [-0.05, 0) is 47.9 Å². The van der Waals surface area contributed by atoms with E-state index in [1.165, 1.54) is 18.2 Å². The number of halogens is 3. The van der Waals surface area contributed by atoms with E-state index in [0.29, 0.717) is 21.2 Å². The molecular weight excluding hydrogens is 300 g/mol. The van der Waals surface area contributed by atoms with Gasteiger partial charge in [-0.3, -0.25) is 0 Å². The number of nitrogens with two attached hydrogens (primary N) is 1. The molecule has 2 aromatic carbocycles. The summed E-state index contributed by atoms with van der Waals surface area (Å²) < 4.78 is 27.4. The van der Waals surface area contributed by atoms with Crippen molar-refractivity contribution in [3.05, 3.63) is 69.2 Å². The minimum atomic E-state index is -0.565. The molecule has 0 heterocycles. The molecule has 2 N–H and O–H groups in total. The highest BCUT2D eigenvalue weighted by Gasteiger charge is 2.14. The molecule has 1 nitrogen and oxygen atoms in total. The van der Waals surface area contributed by atoms with Crippen LogP contribution >= 0.6 is 15.9 Å². The van der Waals surface area contributed by atoms with Crippen LogP contribution in [-0.4, -0.2) is 0 Å². The van der Waals surface area contributed by atoms with E-state index in [9.17, 15) is 8.78 Å². The first-order chi connectivity index (χ1) is 8.49. The Kier molecular flexibility index (Phi) is 3.78. The summed E-state index contributed by atoms with van der Waals surface area (Å²) in [6, 6.07) is 8.53. The maximum Gasteiger partial charge on any atom is 0.126 e. The van der Waals surface area contributed by atoms with Crippen molar-refractivity contribution in [1.29, 1.82) is 0 Å². The minimum absolute atomic E-state index is 0.310. The highest BCUT2D eigenvalue weighted by molar-refractivity contribution is 9.10. The Bertz CT molecular complexity index is 584. The van der Waals surface area contributed by atoms with Gasteiger partial charge in [-0.1, -0.05) is 28.1 Å². The van der Waals surface area contributed by atoms with Crippen LogP contribution in [0.25, 0.3) is 0 Å². The SMILES string of the molecule is Cc1ccc(C(N)c2cc(F)ccc2Br)cc1F. The molecule has 0 spiro atoms. The van der Waals surface area contributed by atoms with Crippen LogP contribution in [0.3, 0.4) is 0 Å². The molecule has 0 aliphatic rings. The predicted octanol–water partition coefficient (Wildman–Crippen LogP) is 4.08. The molecule has 0 bridgehead atoms. The Morgan fingerprint density at radius 1 is 1.11 bits per heavy atom. The second kappa shape index (κ2) is 5.16. The zero-order valence-electron chi connectivity index (χ0n) is 9.75. The maximum atomic E-state index is 13.5. The highest BCUT2D eigenvalue weighted by Crippen LogP contribution is 2.28. The van der Waals surface area contributed by atoms with E-state index in [1.54, 1.807) is 25.1 Å². The molecule has 0 amide bonds. The first kappa shape index (κ1) is 13.2. The molecule has 0 aliphatic heterocycles. The van der Waals surface area contributed by atoms with E-state index in [2.05, 4.69) is 15.9 Å². The molecular formula is C14H12BrF2N. The fraction of sp³-hybridized carbons (Fsp3) is 0.143. The van der Waals surface area contributed by atoms with Gasteiger partial charge in [-0.25, -0.2) is 8.78 Å². The quantitative estimate of drug-likeness (QED) is 0.888. The standard InChI is InChI=1S/C14H12BrF2N/c1-8-2-3-9(6-13(8)17)14(18)11-7-10(16)4-5-12(11)15/h2-7,14H,18H2,1H3. The van der Waals surface area contributed by atoms with Gasteiger partial charge in [-0.15, -0.1) is 0 Å². The topological polar surface area (TPSA) is 26.0 Å². The lowest BCUT2D eigenvalue weighted by molar-refractivity contribution is 0.612. The van der Waals surface area contributed by atoms with Gasteiger partial charge < -0.3 is 5.73 Å². The van der Waals surface area contributed by atoms with Crippen LogP contribution in [0.15, 0.2) is 40.9 Å². The van der Waals surface area contributed by atoms with Gasteiger partial charge in [0, 0.05) is 4.47 Å². The summed E-state index contributed by atoms with van der Waals surface area (Å²) in [4.78, 5) is 0. The Labute approximate surface area is 113 Å². The summed E-state index contributed by atoms with van der Waals surface area (Å²) in [5.41, 5.74) is 7.81.